The zero-order valence-corrected chi connectivity index (χ0v) is 9.71. The van der Waals surface area contributed by atoms with Crippen molar-refractivity contribution in [1.29, 1.82) is 0 Å². The number of halogens is 3. The van der Waals surface area contributed by atoms with Crippen LogP contribution < -0.4 is 5.32 Å². The van der Waals surface area contributed by atoms with Crippen molar-refractivity contribution in [1.82, 2.24) is 4.98 Å². The SMILES string of the molecule is O=C(Nc1ccc(F)c(F)c1)c1cc(Cl)ccn1. The Morgan fingerprint density at radius 2 is 1.94 bits per heavy atom. The van der Waals surface area contributed by atoms with E-state index < -0.39 is 17.5 Å². The summed E-state index contributed by atoms with van der Waals surface area (Å²) in [5.74, 6) is -2.57. The number of carbonyl (C=O) groups excluding carboxylic acids is 1. The van der Waals surface area contributed by atoms with Gasteiger partial charge >= 0.3 is 0 Å². The molecule has 0 unspecified atom stereocenters. The van der Waals surface area contributed by atoms with Gasteiger partial charge in [0.2, 0.25) is 0 Å². The first-order valence-corrected chi connectivity index (χ1v) is 5.32. The minimum atomic E-state index is -1.04. The van der Waals surface area contributed by atoms with E-state index in [2.05, 4.69) is 10.3 Å². The molecule has 0 radical (unpaired) electrons. The summed E-state index contributed by atoms with van der Waals surface area (Å²) in [7, 11) is 0. The Morgan fingerprint density at radius 1 is 1.17 bits per heavy atom. The maximum absolute atomic E-state index is 12.9. The van der Waals surface area contributed by atoms with Crippen molar-refractivity contribution in [2.45, 2.75) is 0 Å². The first-order valence-electron chi connectivity index (χ1n) is 4.94. The molecule has 0 atom stereocenters. The van der Waals surface area contributed by atoms with Crippen LogP contribution in [0.2, 0.25) is 5.02 Å². The summed E-state index contributed by atoms with van der Waals surface area (Å²) in [5.41, 5.74) is 0.230. The maximum atomic E-state index is 12.9. The fourth-order valence-corrected chi connectivity index (χ4v) is 1.46. The number of nitrogens with one attached hydrogen (secondary N) is 1. The van der Waals surface area contributed by atoms with Crippen LogP contribution in [-0.4, -0.2) is 10.9 Å². The van der Waals surface area contributed by atoms with Crippen molar-refractivity contribution in [3.63, 3.8) is 0 Å². The molecule has 0 saturated heterocycles. The third-order valence-electron chi connectivity index (χ3n) is 2.13. The molecular weight excluding hydrogens is 262 g/mol. The molecule has 0 fully saturated rings. The van der Waals surface area contributed by atoms with Gasteiger partial charge in [-0.1, -0.05) is 11.6 Å². The van der Waals surface area contributed by atoms with Crippen molar-refractivity contribution < 1.29 is 13.6 Å². The number of hydrogen-bond acceptors (Lipinski definition) is 2. The van der Waals surface area contributed by atoms with Gasteiger partial charge < -0.3 is 5.32 Å². The van der Waals surface area contributed by atoms with E-state index >= 15 is 0 Å². The topological polar surface area (TPSA) is 42.0 Å². The minimum absolute atomic E-state index is 0.0900. The fourth-order valence-electron chi connectivity index (χ4n) is 1.30. The molecule has 0 aliphatic heterocycles. The highest BCUT2D eigenvalue weighted by atomic mass is 35.5. The van der Waals surface area contributed by atoms with Gasteiger partial charge in [0.1, 0.15) is 5.69 Å². The van der Waals surface area contributed by atoms with E-state index in [-0.39, 0.29) is 11.4 Å². The van der Waals surface area contributed by atoms with Crippen molar-refractivity contribution in [3.8, 4) is 0 Å². The first kappa shape index (κ1) is 12.4. The van der Waals surface area contributed by atoms with Gasteiger partial charge in [0.25, 0.3) is 5.91 Å². The summed E-state index contributed by atoms with van der Waals surface area (Å²) in [5, 5.41) is 2.75. The maximum Gasteiger partial charge on any atom is 0.274 e. The second-order valence-electron chi connectivity index (χ2n) is 3.44. The van der Waals surface area contributed by atoms with Gasteiger partial charge in [-0.15, -0.1) is 0 Å². The summed E-state index contributed by atoms with van der Waals surface area (Å²) < 4.78 is 25.6. The van der Waals surface area contributed by atoms with Gasteiger partial charge in [-0.3, -0.25) is 9.78 Å². The number of anilines is 1. The second-order valence-corrected chi connectivity index (χ2v) is 3.88. The number of rotatable bonds is 2. The van der Waals surface area contributed by atoms with Crippen LogP contribution in [0.15, 0.2) is 36.5 Å². The van der Waals surface area contributed by atoms with E-state index in [0.717, 1.165) is 12.1 Å². The van der Waals surface area contributed by atoms with Crippen molar-refractivity contribution in [3.05, 3.63) is 58.9 Å². The molecule has 1 heterocycles. The largest absolute Gasteiger partial charge is 0.321 e. The molecule has 1 amide bonds. The lowest BCUT2D eigenvalue weighted by Crippen LogP contribution is -2.13. The lowest BCUT2D eigenvalue weighted by molar-refractivity contribution is 0.102. The second kappa shape index (κ2) is 5.10. The first-order chi connectivity index (χ1) is 8.56. The number of benzene rings is 1. The Balaban J connectivity index is 2.18. The van der Waals surface area contributed by atoms with E-state index in [1.165, 1.54) is 24.4 Å². The highest BCUT2D eigenvalue weighted by Crippen LogP contribution is 2.15. The van der Waals surface area contributed by atoms with Crippen LogP contribution in [0.25, 0.3) is 0 Å². The van der Waals surface area contributed by atoms with Crippen molar-refractivity contribution in [2.75, 3.05) is 5.32 Å². The fraction of sp³-hybridized carbons (Fsp3) is 0. The van der Waals surface area contributed by atoms with Gasteiger partial charge in [-0.25, -0.2) is 8.78 Å². The van der Waals surface area contributed by atoms with E-state index in [0.29, 0.717) is 5.02 Å². The van der Waals surface area contributed by atoms with Crippen LogP contribution in [0, 0.1) is 11.6 Å². The summed E-state index contributed by atoms with van der Waals surface area (Å²) in [6.45, 7) is 0. The van der Waals surface area contributed by atoms with Crippen molar-refractivity contribution >= 4 is 23.2 Å². The molecule has 2 rings (SSSR count). The molecule has 0 aliphatic carbocycles. The third kappa shape index (κ3) is 2.81. The number of amides is 1. The van der Waals surface area contributed by atoms with E-state index in [1.807, 2.05) is 0 Å². The van der Waals surface area contributed by atoms with Crippen LogP contribution in [0.4, 0.5) is 14.5 Å². The van der Waals surface area contributed by atoms with E-state index in [4.69, 9.17) is 11.6 Å². The summed E-state index contributed by atoms with van der Waals surface area (Å²) in [6, 6.07) is 5.96. The Kier molecular flexibility index (Phi) is 3.53. The summed E-state index contributed by atoms with van der Waals surface area (Å²) >= 11 is 5.71. The average Bonchev–Trinajstić information content (AvgIpc) is 2.34. The molecule has 3 nitrogen and oxygen atoms in total. The van der Waals surface area contributed by atoms with Gasteiger partial charge in [0.15, 0.2) is 11.6 Å². The Hall–Kier alpha value is -2.01. The molecule has 2 aromatic rings. The van der Waals surface area contributed by atoms with Crippen LogP contribution in [0.3, 0.4) is 0 Å². The Morgan fingerprint density at radius 3 is 2.61 bits per heavy atom. The van der Waals surface area contributed by atoms with E-state index in [9.17, 15) is 13.6 Å². The third-order valence-corrected chi connectivity index (χ3v) is 2.37. The van der Waals surface area contributed by atoms with Gasteiger partial charge in [0, 0.05) is 23.0 Å². The summed E-state index contributed by atoms with van der Waals surface area (Å²) in [4.78, 5) is 15.5. The molecular formula is C12H7ClF2N2O. The lowest BCUT2D eigenvalue weighted by Gasteiger charge is -2.05. The molecule has 92 valence electrons. The molecule has 0 saturated carbocycles. The number of pyridine rings is 1. The van der Waals surface area contributed by atoms with E-state index in [1.54, 1.807) is 0 Å². The Labute approximate surface area is 106 Å². The predicted molar refractivity (Wildman–Crippen MR) is 63.6 cm³/mol. The molecule has 18 heavy (non-hydrogen) atoms. The highest BCUT2D eigenvalue weighted by Gasteiger charge is 2.09. The zero-order chi connectivity index (χ0) is 13.1. The molecule has 0 aliphatic rings. The molecule has 1 aromatic carbocycles. The zero-order valence-electron chi connectivity index (χ0n) is 8.95. The lowest BCUT2D eigenvalue weighted by atomic mass is 10.2. The quantitative estimate of drug-likeness (QED) is 0.908. The molecule has 6 heteroatoms. The van der Waals surface area contributed by atoms with Gasteiger partial charge in [-0.05, 0) is 24.3 Å². The molecule has 0 spiro atoms. The van der Waals surface area contributed by atoms with Crippen LogP contribution in [-0.2, 0) is 0 Å². The standard InChI is InChI=1S/C12H7ClF2N2O/c13-7-3-4-16-11(5-7)12(18)17-8-1-2-9(14)10(15)6-8/h1-6H,(H,17,18). The Bertz CT molecular complexity index is 604. The normalized spacial score (nSPS) is 10.2. The summed E-state index contributed by atoms with van der Waals surface area (Å²) in [6.07, 6.45) is 1.38. The minimum Gasteiger partial charge on any atom is -0.321 e. The van der Waals surface area contributed by atoms with Crippen LogP contribution in [0.5, 0.6) is 0 Å². The monoisotopic (exact) mass is 268 g/mol. The molecule has 1 N–H and O–H groups in total. The van der Waals surface area contributed by atoms with Gasteiger partial charge in [-0.2, -0.15) is 0 Å². The highest BCUT2D eigenvalue weighted by molar-refractivity contribution is 6.30. The number of aromatic nitrogens is 1. The van der Waals surface area contributed by atoms with Crippen molar-refractivity contribution in [2.24, 2.45) is 0 Å². The van der Waals surface area contributed by atoms with Crippen LogP contribution >= 0.6 is 11.6 Å². The molecule has 1 aromatic heterocycles. The molecule has 0 bridgehead atoms. The average molecular weight is 269 g/mol. The predicted octanol–water partition coefficient (Wildman–Crippen LogP) is 3.27. The smallest absolute Gasteiger partial charge is 0.274 e. The van der Waals surface area contributed by atoms with Crippen LogP contribution in [0.1, 0.15) is 10.5 Å². The number of carbonyl (C=O) groups is 1. The number of nitrogens with zero attached hydrogens (tertiary/aromatic N) is 1. The number of hydrogen-bond donors (Lipinski definition) is 1. The van der Waals surface area contributed by atoms with Gasteiger partial charge in [0.05, 0.1) is 0 Å².